The maximum atomic E-state index is 5.37. The number of aromatic nitrogens is 1. The number of hydrogen-bond donors (Lipinski definition) is 0. The highest BCUT2D eigenvalue weighted by Gasteiger charge is 2.41. The van der Waals surface area contributed by atoms with Gasteiger partial charge < -0.3 is 4.52 Å². The van der Waals surface area contributed by atoms with E-state index in [2.05, 4.69) is 16.1 Å². The Bertz CT molecular complexity index is 379. The Morgan fingerprint density at radius 2 is 2.00 bits per heavy atom. The van der Waals surface area contributed by atoms with Crippen LogP contribution in [0.5, 0.6) is 0 Å². The number of likely N-dealkylation sites (tertiary alicyclic amines) is 1. The zero-order valence-corrected chi connectivity index (χ0v) is 10.7. The van der Waals surface area contributed by atoms with E-state index in [-0.39, 0.29) is 0 Å². The van der Waals surface area contributed by atoms with E-state index in [1.54, 1.807) is 0 Å². The number of rotatable bonds is 2. The van der Waals surface area contributed by atoms with Crippen molar-refractivity contribution in [1.82, 2.24) is 10.1 Å². The summed E-state index contributed by atoms with van der Waals surface area (Å²) in [5, 5.41) is 3.99. The monoisotopic (exact) mass is 234 g/mol. The van der Waals surface area contributed by atoms with Crippen molar-refractivity contribution in [2.45, 2.75) is 64.0 Å². The minimum absolute atomic E-state index is 0.499. The molecule has 3 nitrogen and oxygen atoms in total. The summed E-state index contributed by atoms with van der Waals surface area (Å²) in [4.78, 5) is 2.66. The maximum absolute atomic E-state index is 5.37. The molecule has 1 aromatic heterocycles. The summed E-state index contributed by atoms with van der Waals surface area (Å²) in [5.74, 6) is 1.04. The third-order valence-corrected chi connectivity index (χ3v) is 4.55. The molecule has 0 amide bonds. The Balaban J connectivity index is 1.73. The Hall–Kier alpha value is -0.830. The molecule has 0 aromatic carbocycles. The van der Waals surface area contributed by atoms with Gasteiger partial charge >= 0.3 is 0 Å². The predicted molar refractivity (Wildman–Crippen MR) is 66.7 cm³/mol. The highest BCUT2D eigenvalue weighted by molar-refractivity contribution is 5.06. The quantitative estimate of drug-likeness (QED) is 0.786. The van der Waals surface area contributed by atoms with Gasteiger partial charge in [-0.05, 0) is 39.2 Å². The second-order valence-electron chi connectivity index (χ2n) is 5.74. The van der Waals surface area contributed by atoms with Gasteiger partial charge in [-0.3, -0.25) is 4.90 Å². The molecule has 2 heterocycles. The van der Waals surface area contributed by atoms with Crippen LogP contribution in [0.3, 0.4) is 0 Å². The van der Waals surface area contributed by atoms with Crippen molar-refractivity contribution in [2.75, 3.05) is 6.54 Å². The van der Waals surface area contributed by atoms with Gasteiger partial charge in [0.05, 0.1) is 12.2 Å². The second-order valence-corrected chi connectivity index (χ2v) is 5.74. The van der Waals surface area contributed by atoms with Crippen molar-refractivity contribution in [3.63, 3.8) is 0 Å². The summed E-state index contributed by atoms with van der Waals surface area (Å²) >= 11 is 0. The van der Waals surface area contributed by atoms with E-state index in [1.807, 2.05) is 6.92 Å². The maximum Gasteiger partial charge on any atom is 0.150 e. The van der Waals surface area contributed by atoms with Gasteiger partial charge in [-0.1, -0.05) is 24.4 Å². The van der Waals surface area contributed by atoms with Crippen LogP contribution in [0.2, 0.25) is 0 Å². The van der Waals surface area contributed by atoms with Gasteiger partial charge in [-0.25, -0.2) is 0 Å². The first-order valence-electron chi connectivity index (χ1n) is 6.96. The van der Waals surface area contributed by atoms with Crippen LogP contribution in [-0.4, -0.2) is 22.1 Å². The number of aryl methyl sites for hydroxylation is 1. The van der Waals surface area contributed by atoms with Gasteiger partial charge in [0, 0.05) is 11.6 Å². The lowest BCUT2D eigenvalue weighted by Gasteiger charge is -2.41. The van der Waals surface area contributed by atoms with Crippen molar-refractivity contribution in [1.29, 1.82) is 0 Å². The van der Waals surface area contributed by atoms with Crippen LogP contribution in [0.25, 0.3) is 0 Å². The molecule has 17 heavy (non-hydrogen) atoms. The summed E-state index contributed by atoms with van der Waals surface area (Å²) in [5.41, 5.74) is 1.50. The highest BCUT2D eigenvalue weighted by atomic mass is 16.5. The SMILES string of the molecule is Cc1cc(CN2CCCC23CCCCC3)on1. The molecule has 94 valence electrons. The summed E-state index contributed by atoms with van der Waals surface area (Å²) in [6.07, 6.45) is 9.77. The molecule has 1 aromatic rings. The lowest BCUT2D eigenvalue weighted by molar-refractivity contribution is 0.0771. The Morgan fingerprint density at radius 3 is 2.71 bits per heavy atom. The average Bonchev–Trinajstić information content (AvgIpc) is 2.90. The Labute approximate surface area is 103 Å². The predicted octanol–water partition coefficient (Wildman–Crippen LogP) is 3.28. The average molecular weight is 234 g/mol. The Kier molecular flexibility index (Phi) is 2.95. The molecule has 1 saturated heterocycles. The van der Waals surface area contributed by atoms with Crippen LogP contribution in [0.15, 0.2) is 10.6 Å². The molecule has 2 aliphatic rings. The molecule has 0 atom stereocenters. The zero-order valence-electron chi connectivity index (χ0n) is 10.7. The van der Waals surface area contributed by atoms with E-state index >= 15 is 0 Å². The normalized spacial score (nSPS) is 24.5. The molecule has 3 rings (SSSR count). The molecule has 2 fully saturated rings. The highest BCUT2D eigenvalue weighted by Crippen LogP contribution is 2.42. The van der Waals surface area contributed by atoms with E-state index < -0.39 is 0 Å². The molecule has 3 heteroatoms. The van der Waals surface area contributed by atoms with E-state index in [4.69, 9.17) is 4.52 Å². The molecule has 1 saturated carbocycles. The van der Waals surface area contributed by atoms with Crippen LogP contribution in [0.1, 0.15) is 56.4 Å². The van der Waals surface area contributed by atoms with Gasteiger partial charge in [-0.15, -0.1) is 0 Å². The summed E-state index contributed by atoms with van der Waals surface area (Å²) in [6, 6.07) is 2.08. The van der Waals surface area contributed by atoms with Crippen molar-refractivity contribution >= 4 is 0 Å². The molecular weight excluding hydrogens is 212 g/mol. The summed E-state index contributed by atoms with van der Waals surface area (Å²) < 4.78 is 5.37. The van der Waals surface area contributed by atoms with E-state index in [1.165, 1.54) is 51.5 Å². The lowest BCUT2D eigenvalue weighted by Crippen LogP contribution is -2.44. The second kappa shape index (κ2) is 4.45. The summed E-state index contributed by atoms with van der Waals surface area (Å²) in [7, 11) is 0. The molecule has 0 N–H and O–H groups in total. The van der Waals surface area contributed by atoms with Gasteiger partial charge in [0.15, 0.2) is 5.76 Å². The molecule has 0 unspecified atom stereocenters. The first-order valence-corrected chi connectivity index (χ1v) is 6.96. The van der Waals surface area contributed by atoms with Crippen LogP contribution < -0.4 is 0 Å². The molecule has 1 aliphatic heterocycles. The van der Waals surface area contributed by atoms with Gasteiger partial charge in [0.25, 0.3) is 0 Å². The van der Waals surface area contributed by atoms with Crippen LogP contribution >= 0.6 is 0 Å². The van der Waals surface area contributed by atoms with Crippen molar-refractivity contribution in [3.05, 3.63) is 17.5 Å². The smallest absolute Gasteiger partial charge is 0.150 e. The standard InChI is InChI=1S/C14H22N2O/c1-12-10-13(17-15-12)11-16-9-5-8-14(16)6-3-2-4-7-14/h10H,2-9,11H2,1H3. The molecule has 1 spiro atoms. The minimum Gasteiger partial charge on any atom is -0.360 e. The topological polar surface area (TPSA) is 29.3 Å². The van der Waals surface area contributed by atoms with E-state index in [0.717, 1.165) is 18.0 Å². The van der Waals surface area contributed by atoms with Crippen molar-refractivity contribution in [3.8, 4) is 0 Å². The van der Waals surface area contributed by atoms with Crippen LogP contribution in [0.4, 0.5) is 0 Å². The number of hydrogen-bond acceptors (Lipinski definition) is 3. The van der Waals surface area contributed by atoms with Gasteiger partial charge in [-0.2, -0.15) is 0 Å². The molecule has 1 aliphatic carbocycles. The third kappa shape index (κ3) is 2.13. The van der Waals surface area contributed by atoms with Gasteiger partial charge in [0.1, 0.15) is 0 Å². The van der Waals surface area contributed by atoms with Crippen LogP contribution in [-0.2, 0) is 6.54 Å². The molecule has 0 radical (unpaired) electrons. The largest absolute Gasteiger partial charge is 0.360 e. The zero-order chi connectivity index (χ0) is 11.7. The minimum atomic E-state index is 0.499. The fourth-order valence-corrected chi connectivity index (χ4v) is 3.70. The lowest BCUT2D eigenvalue weighted by atomic mass is 9.80. The summed E-state index contributed by atoms with van der Waals surface area (Å²) in [6.45, 7) is 4.19. The fraction of sp³-hybridized carbons (Fsp3) is 0.786. The van der Waals surface area contributed by atoms with Crippen LogP contribution in [0, 0.1) is 6.92 Å². The Morgan fingerprint density at radius 1 is 1.24 bits per heavy atom. The first kappa shape index (κ1) is 11.3. The fourth-order valence-electron chi connectivity index (χ4n) is 3.70. The first-order chi connectivity index (χ1) is 8.28. The third-order valence-electron chi connectivity index (χ3n) is 4.55. The van der Waals surface area contributed by atoms with Gasteiger partial charge in [0.2, 0.25) is 0 Å². The number of nitrogens with zero attached hydrogens (tertiary/aromatic N) is 2. The molecule has 0 bridgehead atoms. The van der Waals surface area contributed by atoms with E-state index in [9.17, 15) is 0 Å². The van der Waals surface area contributed by atoms with Crippen molar-refractivity contribution in [2.24, 2.45) is 0 Å². The van der Waals surface area contributed by atoms with E-state index in [0.29, 0.717) is 5.54 Å². The molecular formula is C14H22N2O. The van der Waals surface area contributed by atoms with Crippen molar-refractivity contribution < 1.29 is 4.52 Å².